The van der Waals surface area contributed by atoms with E-state index in [4.69, 9.17) is 0 Å². The highest BCUT2D eigenvalue weighted by atomic mass is 35.5. The summed E-state index contributed by atoms with van der Waals surface area (Å²) >= 11 is 0. The van der Waals surface area contributed by atoms with Gasteiger partial charge in [0.15, 0.2) is 0 Å². The Bertz CT molecular complexity index is 340. The second-order valence-electron chi connectivity index (χ2n) is 8.37. The number of nitrogens with one attached hydrogen (secondary N) is 1. The normalized spacial score (nSPS) is 53.1. The lowest BCUT2D eigenvalue weighted by Gasteiger charge is -2.56. The largest absolute Gasteiger partial charge is 0.309 e. The van der Waals surface area contributed by atoms with Crippen LogP contribution in [0.2, 0.25) is 0 Å². The van der Waals surface area contributed by atoms with Crippen molar-refractivity contribution in [2.24, 2.45) is 29.6 Å². The molecule has 1 unspecified atom stereocenters. The summed E-state index contributed by atoms with van der Waals surface area (Å²) < 4.78 is 0. The van der Waals surface area contributed by atoms with E-state index >= 15 is 0 Å². The highest BCUT2D eigenvalue weighted by Gasteiger charge is 2.49. The SMILES string of the molecule is C1C2CC3CC1CC(C2)C3NC1CN2CCC1CC2.Cl.Cl. The summed E-state index contributed by atoms with van der Waals surface area (Å²) in [4.78, 5) is 2.70. The molecule has 3 heterocycles. The number of nitrogens with zero attached hydrogens (tertiary/aromatic N) is 1. The Kier molecular flexibility index (Phi) is 4.82. The smallest absolute Gasteiger partial charge is 0.0227 e. The van der Waals surface area contributed by atoms with E-state index in [1.165, 1.54) is 32.5 Å². The van der Waals surface area contributed by atoms with Crippen LogP contribution in [-0.2, 0) is 0 Å². The molecule has 6 bridgehead atoms. The van der Waals surface area contributed by atoms with E-state index in [0.29, 0.717) is 0 Å². The molecule has 4 heteroatoms. The maximum absolute atomic E-state index is 4.19. The van der Waals surface area contributed by atoms with Crippen molar-refractivity contribution >= 4 is 24.8 Å². The first-order valence-corrected chi connectivity index (χ1v) is 8.83. The molecule has 1 N–H and O–H groups in total. The molecule has 3 saturated heterocycles. The first kappa shape index (κ1) is 16.4. The van der Waals surface area contributed by atoms with Crippen LogP contribution in [0.4, 0.5) is 0 Å². The van der Waals surface area contributed by atoms with Crippen molar-refractivity contribution < 1.29 is 0 Å². The lowest BCUT2D eigenvalue weighted by molar-refractivity contribution is -0.0318. The summed E-state index contributed by atoms with van der Waals surface area (Å²) in [5, 5.41) is 4.19. The zero-order chi connectivity index (χ0) is 12.4. The molecule has 21 heavy (non-hydrogen) atoms. The lowest BCUT2D eigenvalue weighted by Crippen LogP contribution is -2.63. The van der Waals surface area contributed by atoms with Crippen molar-refractivity contribution in [1.82, 2.24) is 10.2 Å². The molecule has 0 aromatic carbocycles. The average molecular weight is 333 g/mol. The Labute approximate surface area is 141 Å². The molecule has 3 aliphatic heterocycles. The molecular formula is C17H30Cl2N2. The maximum Gasteiger partial charge on any atom is 0.0227 e. The first-order valence-electron chi connectivity index (χ1n) is 8.83. The summed E-state index contributed by atoms with van der Waals surface area (Å²) in [6.45, 7) is 4.11. The van der Waals surface area contributed by atoms with Gasteiger partial charge in [-0.3, -0.25) is 0 Å². The molecule has 0 spiro atoms. The van der Waals surface area contributed by atoms with Crippen LogP contribution in [0, 0.1) is 29.6 Å². The molecule has 7 rings (SSSR count). The molecule has 4 saturated carbocycles. The maximum atomic E-state index is 4.19. The highest BCUT2D eigenvalue weighted by Crippen LogP contribution is 2.54. The number of halogens is 2. The Hall–Kier alpha value is 0.500. The van der Waals surface area contributed by atoms with E-state index < -0.39 is 0 Å². The van der Waals surface area contributed by atoms with Crippen LogP contribution in [0.5, 0.6) is 0 Å². The van der Waals surface area contributed by atoms with E-state index in [0.717, 1.165) is 41.7 Å². The number of hydrogen-bond donors (Lipinski definition) is 1. The van der Waals surface area contributed by atoms with Gasteiger partial charge in [0.25, 0.3) is 0 Å². The van der Waals surface area contributed by atoms with E-state index in [1.807, 2.05) is 0 Å². The molecule has 1 atom stereocenters. The quantitative estimate of drug-likeness (QED) is 0.834. The van der Waals surface area contributed by atoms with Crippen LogP contribution < -0.4 is 5.32 Å². The molecule has 0 aromatic rings. The predicted octanol–water partition coefficient (Wildman–Crippen LogP) is 3.34. The van der Waals surface area contributed by atoms with E-state index in [9.17, 15) is 0 Å². The Morgan fingerprint density at radius 2 is 1.29 bits per heavy atom. The van der Waals surface area contributed by atoms with Crippen LogP contribution in [0.1, 0.15) is 44.9 Å². The molecule has 0 radical (unpaired) electrons. The van der Waals surface area contributed by atoms with Gasteiger partial charge in [0.2, 0.25) is 0 Å². The van der Waals surface area contributed by atoms with Gasteiger partial charge in [-0.1, -0.05) is 0 Å². The zero-order valence-corrected chi connectivity index (χ0v) is 14.5. The minimum Gasteiger partial charge on any atom is -0.309 e. The monoisotopic (exact) mass is 332 g/mol. The standard InChI is InChI=1S/C17H28N2.2ClH/c1-3-19-4-2-13(1)16(10-19)18-17-14-6-11-5-12(8-14)9-15(17)7-11;;/h11-18H,1-10H2;2*1H. The summed E-state index contributed by atoms with van der Waals surface area (Å²) in [7, 11) is 0. The van der Waals surface area contributed by atoms with E-state index in [1.54, 1.807) is 32.1 Å². The van der Waals surface area contributed by atoms with Crippen molar-refractivity contribution in [3.05, 3.63) is 0 Å². The minimum atomic E-state index is 0. The fraction of sp³-hybridized carbons (Fsp3) is 1.00. The van der Waals surface area contributed by atoms with Gasteiger partial charge in [0.1, 0.15) is 0 Å². The fourth-order valence-electron chi connectivity index (χ4n) is 6.60. The third-order valence-corrected chi connectivity index (χ3v) is 7.29. The molecule has 7 aliphatic rings. The first-order chi connectivity index (χ1) is 9.35. The third-order valence-electron chi connectivity index (χ3n) is 7.29. The second kappa shape index (κ2) is 6.19. The Morgan fingerprint density at radius 3 is 1.76 bits per heavy atom. The number of piperidine rings is 3. The fourth-order valence-corrected chi connectivity index (χ4v) is 6.60. The van der Waals surface area contributed by atoms with Gasteiger partial charge in [-0.2, -0.15) is 0 Å². The molecule has 122 valence electrons. The van der Waals surface area contributed by atoms with Crippen molar-refractivity contribution in [2.45, 2.75) is 57.0 Å². The number of fused-ring (bicyclic) bond motifs is 3. The van der Waals surface area contributed by atoms with Crippen LogP contribution in [0.3, 0.4) is 0 Å². The second-order valence-corrected chi connectivity index (χ2v) is 8.37. The van der Waals surface area contributed by atoms with Gasteiger partial charge in [0.05, 0.1) is 0 Å². The Balaban J connectivity index is 0.000000661. The Morgan fingerprint density at radius 1 is 0.714 bits per heavy atom. The molecule has 4 aliphatic carbocycles. The molecule has 7 fully saturated rings. The van der Waals surface area contributed by atoms with Crippen LogP contribution in [0.25, 0.3) is 0 Å². The van der Waals surface area contributed by atoms with Crippen LogP contribution in [0.15, 0.2) is 0 Å². The van der Waals surface area contributed by atoms with Crippen molar-refractivity contribution in [3.8, 4) is 0 Å². The molecule has 0 aromatic heterocycles. The summed E-state index contributed by atoms with van der Waals surface area (Å²) in [6, 6.07) is 1.74. The van der Waals surface area contributed by atoms with Crippen LogP contribution >= 0.6 is 24.8 Å². The zero-order valence-electron chi connectivity index (χ0n) is 12.9. The van der Waals surface area contributed by atoms with Gasteiger partial charge in [0, 0.05) is 18.6 Å². The minimum absolute atomic E-state index is 0. The van der Waals surface area contributed by atoms with Crippen LogP contribution in [-0.4, -0.2) is 36.6 Å². The number of hydrogen-bond acceptors (Lipinski definition) is 2. The topological polar surface area (TPSA) is 15.3 Å². The van der Waals surface area contributed by atoms with Crippen molar-refractivity contribution in [1.29, 1.82) is 0 Å². The predicted molar refractivity (Wildman–Crippen MR) is 91.4 cm³/mol. The summed E-state index contributed by atoms with van der Waals surface area (Å²) in [5.41, 5.74) is 0. The average Bonchev–Trinajstić information content (AvgIpc) is 2.43. The lowest BCUT2D eigenvalue weighted by atomic mass is 9.54. The van der Waals surface area contributed by atoms with Gasteiger partial charge in [-0.25, -0.2) is 0 Å². The van der Waals surface area contributed by atoms with Gasteiger partial charge in [-0.15, -0.1) is 24.8 Å². The third kappa shape index (κ3) is 2.75. The van der Waals surface area contributed by atoms with Gasteiger partial charge < -0.3 is 10.2 Å². The summed E-state index contributed by atoms with van der Waals surface area (Å²) in [5.74, 6) is 5.33. The molecule has 2 nitrogen and oxygen atoms in total. The highest BCUT2D eigenvalue weighted by molar-refractivity contribution is 5.85. The molecule has 0 amide bonds. The number of rotatable bonds is 2. The van der Waals surface area contributed by atoms with Gasteiger partial charge in [-0.05, 0) is 87.6 Å². The van der Waals surface area contributed by atoms with Crippen molar-refractivity contribution in [3.63, 3.8) is 0 Å². The summed E-state index contributed by atoms with van der Waals surface area (Å²) in [6.07, 6.45) is 10.8. The van der Waals surface area contributed by atoms with Gasteiger partial charge >= 0.3 is 0 Å². The van der Waals surface area contributed by atoms with E-state index in [-0.39, 0.29) is 24.8 Å². The molecular weight excluding hydrogens is 303 g/mol. The van der Waals surface area contributed by atoms with E-state index in [2.05, 4.69) is 10.2 Å². The van der Waals surface area contributed by atoms with Crippen molar-refractivity contribution in [2.75, 3.05) is 19.6 Å².